The van der Waals surface area contributed by atoms with Crippen molar-refractivity contribution in [3.8, 4) is 101 Å². The van der Waals surface area contributed by atoms with E-state index in [1.165, 1.54) is 283 Å². The van der Waals surface area contributed by atoms with Crippen LogP contribution >= 0.6 is 0 Å². The molecule has 0 saturated heterocycles. The number of H-pyrrole nitrogens is 4. The van der Waals surface area contributed by atoms with Crippen LogP contribution in [0.4, 0.5) is 0 Å². The van der Waals surface area contributed by atoms with Gasteiger partial charge in [0.2, 0.25) is 11.1 Å². The second-order valence-corrected chi connectivity index (χ2v) is 42.2. The number of nitrogens with zero attached hydrogens (tertiary/aromatic N) is 2. The third-order valence-corrected chi connectivity index (χ3v) is 30.0. The highest BCUT2D eigenvalue weighted by Crippen LogP contribution is 2.50. The summed E-state index contributed by atoms with van der Waals surface area (Å²) in [5.74, 6) is 4.42. The minimum Gasteiger partial charge on any atom is -0.494 e. The third kappa shape index (κ3) is 37.0. The van der Waals surface area contributed by atoms with Gasteiger partial charge >= 0.3 is 0 Å². The van der Waals surface area contributed by atoms with Gasteiger partial charge in [-0.2, -0.15) is 0 Å². The summed E-state index contributed by atoms with van der Waals surface area (Å²) in [5.41, 5.74) is 20.4. The van der Waals surface area contributed by atoms with Crippen LogP contribution in [0.1, 0.15) is 464 Å². The minimum absolute atomic E-state index is 0.196. The molecule has 5 aromatic heterocycles. The smallest absolute Gasteiger partial charge is 0.248 e. The summed E-state index contributed by atoms with van der Waals surface area (Å²) in [6.07, 6.45) is 88.3. The average Bonchev–Trinajstić information content (AvgIpc) is 1.60. The van der Waals surface area contributed by atoms with Gasteiger partial charge in [-0.25, -0.2) is 9.97 Å². The van der Waals surface area contributed by atoms with Gasteiger partial charge in [0.15, 0.2) is 0 Å². The van der Waals surface area contributed by atoms with Crippen LogP contribution in [0.5, 0.6) is 34.5 Å². The van der Waals surface area contributed by atoms with Crippen LogP contribution < -0.4 is 39.5 Å². The Morgan fingerprint density at radius 2 is 0.503 bits per heavy atom. The third-order valence-electron chi connectivity index (χ3n) is 30.0. The van der Waals surface area contributed by atoms with Crippen molar-refractivity contribution in [1.29, 1.82) is 0 Å². The van der Waals surface area contributed by atoms with E-state index in [2.05, 4.69) is 172 Å². The molecule has 778 valence electrons. The van der Waals surface area contributed by atoms with Crippen molar-refractivity contribution in [3.05, 3.63) is 175 Å². The number of hydrogen-bond donors (Lipinski definition) is 4. The Morgan fingerprint density at radius 3 is 0.776 bits per heavy atom. The molecule has 0 unspecified atom stereocenters. The summed E-state index contributed by atoms with van der Waals surface area (Å²) < 4.78 is 42.5. The molecule has 10 bridgehead atoms. The summed E-state index contributed by atoms with van der Waals surface area (Å²) in [6.45, 7) is 21.3. The van der Waals surface area contributed by atoms with Crippen molar-refractivity contribution in [2.24, 2.45) is 0 Å². The number of benzene rings is 4. The van der Waals surface area contributed by atoms with Gasteiger partial charge in [0, 0.05) is 103 Å². The molecule has 8 heterocycles. The molecule has 0 fully saturated rings. The molecule has 12 rings (SSSR count). The van der Waals surface area contributed by atoms with Gasteiger partial charge in [-0.3, -0.25) is 9.59 Å². The molecule has 4 N–H and O–H groups in total. The first-order valence-corrected chi connectivity index (χ1v) is 58.3. The molecular weight excluding hydrogens is 1760 g/mol. The molecule has 0 aliphatic carbocycles. The highest BCUT2D eigenvalue weighted by atomic mass is 16.5. The number of aryl methyl sites for hydroxylation is 4. The van der Waals surface area contributed by atoms with Gasteiger partial charge in [-0.15, -0.1) is 0 Å². The molecule has 0 amide bonds. The van der Waals surface area contributed by atoms with Crippen LogP contribution in [-0.2, 0) is 0 Å². The number of nitrogens with one attached hydrogen (secondary N) is 4. The number of hydrogen-bond acceptors (Lipinski definition) is 10. The maximum atomic E-state index is 13.8. The van der Waals surface area contributed by atoms with Crippen LogP contribution in [0.2, 0.25) is 0 Å². The standard InChI is InChI=1S/C129H184N6O8/c1-9-13-17-21-25-29-31-33-35-37-39-41-43-45-48-54-60-66-84-140-118-96-120-108(94-106(118)102-78-80-130-122(136)92-102)126-110-70-74-114(132-110)128(124-98(5)88-104(89-99(124)6)138-82-64-58-52-27-23-19-15-11-3)116-76-72-112(134-116)127(113-73-77-117(135-113)129(115-75-71-111(126)133-115)125-100(7)90-105(91-101(125)8)139-83-65-59-53-28-24-20-16-12-4)109-95-107(103-79-81-131-123(137)93-103)119(97-121(109)143-87-69-63-57-51-47-50-56-62-68-86-142-120)141-85-67-61-55-49-46-44-42-40-38-36-34-32-30-26-22-18-14-10-2/h70-81,88-97,132,135H,9-69,82-87H2,1-8H3,(H,130,136)(H,131,137). The first-order chi connectivity index (χ1) is 70.4. The van der Waals surface area contributed by atoms with Crippen molar-refractivity contribution < 1.29 is 28.4 Å². The van der Waals surface area contributed by atoms with Crippen LogP contribution in [0.3, 0.4) is 0 Å². The van der Waals surface area contributed by atoms with Crippen molar-refractivity contribution in [1.82, 2.24) is 29.9 Å². The average molecular weight is 1950 g/mol. The molecular formula is C129H184N6O8. The van der Waals surface area contributed by atoms with Gasteiger partial charge in [-0.1, -0.05) is 381 Å². The van der Waals surface area contributed by atoms with E-state index < -0.39 is 0 Å². The maximum absolute atomic E-state index is 13.8. The van der Waals surface area contributed by atoms with Crippen LogP contribution in [0, 0.1) is 27.7 Å². The van der Waals surface area contributed by atoms with E-state index >= 15 is 0 Å². The van der Waals surface area contributed by atoms with E-state index in [1.54, 1.807) is 24.5 Å². The molecule has 3 aliphatic rings. The zero-order valence-corrected chi connectivity index (χ0v) is 90.2. The topological polar surface area (TPSA) is 178 Å². The highest BCUT2D eigenvalue weighted by Gasteiger charge is 2.28. The summed E-state index contributed by atoms with van der Waals surface area (Å²) in [7, 11) is 0. The van der Waals surface area contributed by atoms with Gasteiger partial charge in [0.25, 0.3) is 0 Å². The van der Waals surface area contributed by atoms with E-state index in [9.17, 15) is 9.59 Å². The Kier molecular flexibility index (Phi) is 50.8. The monoisotopic (exact) mass is 1950 g/mol. The van der Waals surface area contributed by atoms with Crippen molar-refractivity contribution in [2.45, 2.75) is 447 Å². The Bertz CT molecular complexity index is 5220. The lowest BCUT2D eigenvalue weighted by atomic mass is 9.94. The number of aromatic amines is 4. The summed E-state index contributed by atoms with van der Waals surface area (Å²) in [4.78, 5) is 54.0. The van der Waals surface area contributed by atoms with Crippen molar-refractivity contribution >= 4 is 46.4 Å². The Balaban J connectivity index is 0.996. The fourth-order valence-corrected chi connectivity index (χ4v) is 21.8. The largest absolute Gasteiger partial charge is 0.494 e. The van der Waals surface area contributed by atoms with E-state index in [0.29, 0.717) is 62.6 Å². The first-order valence-electron chi connectivity index (χ1n) is 58.3. The number of unbranched alkanes of at least 4 members (excludes halogenated alkanes) is 48. The van der Waals surface area contributed by atoms with Crippen molar-refractivity contribution in [2.75, 3.05) is 39.6 Å². The minimum atomic E-state index is -0.196. The predicted octanol–water partition coefficient (Wildman–Crippen LogP) is 38.4. The summed E-state index contributed by atoms with van der Waals surface area (Å²) >= 11 is 0. The maximum Gasteiger partial charge on any atom is 0.248 e. The number of pyridine rings is 2. The predicted molar refractivity (Wildman–Crippen MR) is 609 cm³/mol. The molecule has 0 atom stereocenters. The van der Waals surface area contributed by atoms with E-state index in [1.807, 2.05) is 12.1 Å². The van der Waals surface area contributed by atoms with Crippen molar-refractivity contribution in [3.63, 3.8) is 0 Å². The molecule has 4 aromatic carbocycles. The Morgan fingerprint density at radius 1 is 0.259 bits per heavy atom. The fourth-order valence-electron chi connectivity index (χ4n) is 21.8. The highest BCUT2D eigenvalue weighted by molar-refractivity contribution is 6.03. The second kappa shape index (κ2) is 64.9. The lowest BCUT2D eigenvalue weighted by Crippen LogP contribution is -2.06. The van der Waals surface area contributed by atoms with Gasteiger partial charge in [0.05, 0.1) is 62.4 Å². The fraction of sp³-hybridized carbons (Fsp3) is 0.581. The lowest BCUT2D eigenvalue weighted by Gasteiger charge is -2.19. The van der Waals surface area contributed by atoms with Gasteiger partial charge in [-0.05, 0) is 208 Å². The Hall–Kier alpha value is -9.82. The number of fused-ring (bicyclic) bond motifs is 10. The Labute approximate surface area is 862 Å². The van der Waals surface area contributed by atoms with Gasteiger partial charge < -0.3 is 48.4 Å². The van der Waals surface area contributed by atoms with Crippen LogP contribution in [-0.4, -0.2) is 69.5 Å². The second-order valence-electron chi connectivity index (χ2n) is 42.2. The van der Waals surface area contributed by atoms with Crippen LogP contribution in [0.15, 0.2) is 119 Å². The quantitative estimate of drug-likeness (QED) is 0.0268. The zero-order valence-electron chi connectivity index (χ0n) is 90.2. The number of ether oxygens (including phenoxy) is 6. The number of rotatable bonds is 64. The summed E-state index contributed by atoms with van der Waals surface area (Å²) in [5, 5.41) is 0. The molecule has 9 aromatic rings. The lowest BCUT2D eigenvalue weighted by molar-refractivity contribution is 0.290. The molecule has 0 spiro atoms. The van der Waals surface area contributed by atoms with Gasteiger partial charge in [0.1, 0.15) is 34.5 Å². The molecule has 14 heteroatoms. The molecule has 0 saturated carbocycles. The van der Waals surface area contributed by atoms with E-state index in [0.717, 1.165) is 255 Å². The molecule has 14 nitrogen and oxygen atoms in total. The molecule has 0 radical (unpaired) electrons. The number of aromatic nitrogens is 6. The zero-order chi connectivity index (χ0) is 99.9. The first kappa shape index (κ1) is 112. The van der Waals surface area contributed by atoms with E-state index in [-0.39, 0.29) is 11.1 Å². The van der Waals surface area contributed by atoms with Crippen LogP contribution in [0.25, 0.3) is 113 Å². The molecule has 143 heavy (non-hydrogen) atoms. The molecule has 3 aliphatic heterocycles. The van der Waals surface area contributed by atoms with E-state index in [4.69, 9.17) is 38.4 Å². The SMILES string of the molecule is CCCCCCCCCCCCCCCCCCCCOc1cc2c(cc1-c1cc[nH]c(=O)c1)-c1c3nc(c(-c4c(C)cc(OCCCCCCCCCC)cc4C)c4ccc([nH]4)c(c4nc(c(-c5c(C)cc(OCCCCCCCCCC)cc5C)c5ccc1[nH]5)C=C4)-c1cc(-c4cc[nH]c(=O)c4)c(OCCCCCCCCCCCCCCCCCCCC)cc1OCCCCCCCCCCCO2)C=C3. The normalized spacial score (nSPS) is 13.0. The summed E-state index contributed by atoms with van der Waals surface area (Å²) in [6, 6.07) is 33.8.